The van der Waals surface area contributed by atoms with Crippen molar-refractivity contribution in [3.05, 3.63) is 70.7 Å². The summed E-state index contributed by atoms with van der Waals surface area (Å²) in [6.45, 7) is 0.826. The molecule has 1 saturated heterocycles. The van der Waals surface area contributed by atoms with Crippen molar-refractivity contribution in [3.8, 4) is 0 Å². The molecule has 0 bridgehead atoms. The maximum Gasteiger partial charge on any atom is 0.248 e. The number of benzene rings is 2. The summed E-state index contributed by atoms with van der Waals surface area (Å²) in [7, 11) is -3.38. The Morgan fingerprint density at radius 2 is 1.78 bits per heavy atom. The van der Waals surface area contributed by atoms with E-state index in [9.17, 15) is 13.2 Å². The third-order valence-electron chi connectivity index (χ3n) is 4.68. The van der Waals surface area contributed by atoms with Gasteiger partial charge in [0, 0.05) is 18.1 Å². The van der Waals surface area contributed by atoms with Crippen molar-refractivity contribution in [1.29, 1.82) is 0 Å². The topological polar surface area (TPSA) is 63.7 Å². The summed E-state index contributed by atoms with van der Waals surface area (Å²) in [6, 6.07) is 16.6. The Morgan fingerprint density at radius 3 is 2.52 bits per heavy atom. The molecule has 0 saturated carbocycles. The number of sulfone groups is 1. The fraction of sp³-hybridized carbons (Fsp3) is 0.350. The number of carbonyl (C=O) groups is 1. The van der Waals surface area contributed by atoms with Gasteiger partial charge < -0.3 is 9.64 Å². The van der Waals surface area contributed by atoms with E-state index in [2.05, 4.69) is 0 Å². The molecule has 27 heavy (non-hydrogen) atoms. The maximum absolute atomic E-state index is 12.7. The lowest BCUT2D eigenvalue weighted by atomic mass is 10.1. The zero-order chi connectivity index (χ0) is 19.3. The second-order valence-electron chi connectivity index (χ2n) is 6.52. The lowest BCUT2D eigenvalue weighted by Crippen LogP contribution is -2.36. The third-order valence-corrected chi connectivity index (χ3v) is 7.13. The number of rotatable bonds is 5. The summed E-state index contributed by atoms with van der Waals surface area (Å²) in [5.41, 5.74) is 1.59. The number of nitrogens with zero attached hydrogens (tertiary/aromatic N) is 1. The van der Waals surface area contributed by atoms with Crippen molar-refractivity contribution in [3.63, 3.8) is 0 Å². The molecule has 1 aliphatic rings. The molecule has 1 atom stereocenters. The van der Waals surface area contributed by atoms with Gasteiger partial charge in [0.2, 0.25) is 5.91 Å². The standard InChI is InChI=1S/C20H22ClNO4S/c21-18-9-5-4-8-17(18)19-10-11-22(12-13-27(19,24)25)20(23)15-26-14-16-6-2-1-3-7-16/h1-9,19H,10-15H2. The van der Waals surface area contributed by atoms with E-state index < -0.39 is 15.1 Å². The van der Waals surface area contributed by atoms with E-state index in [4.69, 9.17) is 16.3 Å². The average molecular weight is 408 g/mol. The summed E-state index contributed by atoms with van der Waals surface area (Å²) in [5.74, 6) is -0.270. The van der Waals surface area contributed by atoms with E-state index in [1.54, 1.807) is 29.2 Å². The number of ether oxygens (including phenoxy) is 1. The van der Waals surface area contributed by atoms with Gasteiger partial charge in [0.25, 0.3) is 0 Å². The van der Waals surface area contributed by atoms with Crippen LogP contribution in [0.2, 0.25) is 5.02 Å². The van der Waals surface area contributed by atoms with Gasteiger partial charge in [0.1, 0.15) is 6.61 Å². The van der Waals surface area contributed by atoms with E-state index in [-0.39, 0.29) is 24.8 Å². The van der Waals surface area contributed by atoms with Gasteiger partial charge in [-0.2, -0.15) is 0 Å². The molecule has 1 unspecified atom stereocenters. The van der Waals surface area contributed by atoms with E-state index >= 15 is 0 Å². The first-order chi connectivity index (χ1) is 13.0. The van der Waals surface area contributed by atoms with Crippen molar-refractivity contribution in [2.24, 2.45) is 0 Å². The molecule has 1 aliphatic heterocycles. The minimum absolute atomic E-state index is 0.0638. The van der Waals surface area contributed by atoms with Crippen molar-refractivity contribution in [1.82, 2.24) is 4.90 Å². The molecule has 2 aromatic rings. The van der Waals surface area contributed by atoms with Crippen LogP contribution >= 0.6 is 11.6 Å². The second kappa shape index (κ2) is 8.87. The van der Waals surface area contributed by atoms with Crippen LogP contribution < -0.4 is 0 Å². The molecule has 5 nitrogen and oxygen atoms in total. The van der Waals surface area contributed by atoms with Crippen LogP contribution in [0.15, 0.2) is 54.6 Å². The van der Waals surface area contributed by atoms with Gasteiger partial charge in [-0.05, 0) is 23.6 Å². The lowest BCUT2D eigenvalue weighted by molar-refractivity contribution is -0.136. The Bertz CT molecular complexity index is 886. The zero-order valence-corrected chi connectivity index (χ0v) is 16.5. The molecule has 0 radical (unpaired) electrons. The quantitative estimate of drug-likeness (QED) is 0.763. The number of amides is 1. The number of hydrogen-bond acceptors (Lipinski definition) is 4. The molecule has 0 aliphatic carbocycles. The summed E-state index contributed by atoms with van der Waals surface area (Å²) >= 11 is 6.20. The zero-order valence-electron chi connectivity index (χ0n) is 14.9. The first-order valence-corrected chi connectivity index (χ1v) is 10.9. The fourth-order valence-electron chi connectivity index (χ4n) is 3.20. The van der Waals surface area contributed by atoms with Crippen LogP contribution in [0, 0.1) is 0 Å². The summed E-state index contributed by atoms with van der Waals surface area (Å²) < 4.78 is 30.9. The van der Waals surface area contributed by atoms with Crippen molar-refractivity contribution < 1.29 is 17.9 Å². The average Bonchev–Trinajstić information content (AvgIpc) is 2.81. The van der Waals surface area contributed by atoms with Gasteiger partial charge >= 0.3 is 0 Å². The predicted molar refractivity (Wildman–Crippen MR) is 105 cm³/mol. The highest BCUT2D eigenvalue weighted by Crippen LogP contribution is 2.33. The van der Waals surface area contributed by atoms with Crippen LogP contribution in [-0.4, -0.2) is 44.7 Å². The lowest BCUT2D eigenvalue weighted by Gasteiger charge is -2.20. The Hall–Kier alpha value is -1.89. The Balaban J connectivity index is 1.61. The van der Waals surface area contributed by atoms with Gasteiger partial charge in [0.15, 0.2) is 9.84 Å². The van der Waals surface area contributed by atoms with Gasteiger partial charge in [0.05, 0.1) is 17.6 Å². The SMILES string of the molecule is O=C(COCc1ccccc1)N1CCC(c2ccccc2Cl)S(=O)(=O)CC1. The Morgan fingerprint density at radius 1 is 1.07 bits per heavy atom. The summed E-state index contributed by atoms with van der Waals surface area (Å²) in [4.78, 5) is 14.0. The predicted octanol–water partition coefficient (Wildman–Crippen LogP) is 3.25. The van der Waals surface area contributed by atoms with Gasteiger partial charge in [-0.15, -0.1) is 0 Å². The Kier molecular flexibility index (Phi) is 6.52. The third kappa shape index (κ3) is 5.09. The first kappa shape index (κ1) is 19.9. The molecule has 0 aromatic heterocycles. The summed E-state index contributed by atoms with van der Waals surface area (Å²) in [6.07, 6.45) is 0.330. The maximum atomic E-state index is 12.7. The van der Waals surface area contributed by atoms with Crippen molar-refractivity contribution in [2.45, 2.75) is 18.3 Å². The van der Waals surface area contributed by atoms with E-state index in [1.807, 2.05) is 30.3 Å². The smallest absolute Gasteiger partial charge is 0.248 e. The van der Waals surface area contributed by atoms with Gasteiger partial charge in [-0.1, -0.05) is 60.1 Å². The first-order valence-electron chi connectivity index (χ1n) is 8.83. The summed E-state index contributed by atoms with van der Waals surface area (Å²) in [5, 5.41) is -0.244. The minimum Gasteiger partial charge on any atom is -0.367 e. The minimum atomic E-state index is -3.38. The number of hydrogen-bond donors (Lipinski definition) is 0. The fourth-order valence-corrected chi connectivity index (χ4v) is 5.35. The van der Waals surface area contributed by atoms with Gasteiger partial charge in [-0.3, -0.25) is 4.79 Å². The van der Waals surface area contributed by atoms with E-state index in [0.29, 0.717) is 30.2 Å². The molecule has 144 valence electrons. The highest BCUT2D eigenvalue weighted by molar-refractivity contribution is 7.91. The molecular formula is C20H22ClNO4S. The van der Waals surface area contributed by atoms with Crippen LogP contribution in [0.1, 0.15) is 22.8 Å². The molecular weight excluding hydrogens is 386 g/mol. The molecule has 2 aromatic carbocycles. The van der Waals surface area contributed by atoms with E-state index in [0.717, 1.165) is 5.56 Å². The van der Waals surface area contributed by atoms with Crippen LogP contribution in [-0.2, 0) is 26.0 Å². The van der Waals surface area contributed by atoms with Crippen molar-refractivity contribution in [2.75, 3.05) is 25.4 Å². The normalized spacial score (nSPS) is 19.4. The second-order valence-corrected chi connectivity index (χ2v) is 9.24. The van der Waals surface area contributed by atoms with Gasteiger partial charge in [-0.25, -0.2) is 8.42 Å². The monoisotopic (exact) mass is 407 g/mol. The highest BCUT2D eigenvalue weighted by Gasteiger charge is 2.33. The largest absolute Gasteiger partial charge is 0.367 e. The van der Waals surface area contributed by atoms with Crippen LogP contribution in [0.25, 0.3) is 0 Å². The van der Waals surface area contributed by atoms with Crippen LogP contribution in [0.4, 0.5) is 0 Å². The molecule has 1 fully saturated rings. The molecule has 1 heterocycles. The van der Waals surface area contributed by atoms with E-state index in [1.165, 1.54) is 0 Å². The molecule has 1 amide bonds. The molecule has 0 N–H and O–H groups in total. The molecule has 3 rings (SSSR count). The van der Waals surface area contributed by atoms with Crippen molar-refractivity contribution >= 4 is 27.3 Å². The highest BCUT2D eigenvalue weighted by atomic mass is 35.5. The van der Waals surface area contributed by atoms with Crippen LogP contribution in [0.5, 0.6) is 0 Å². The van der Waals surface area contributed by atoms with Crippen LogP contribution in [0.3, 0.4) is 0 Å². The molecule has 7 heteroatoms. The number of carbonyl (C=O) groups excluding carboxylic acids is 1. The Labute approximate surface area is 164 Å². The number of halogens is 1. The molecule has 0 spiro atoms.